The van der Waals surface area contributed by atoms with E-state index in [1.807, 2.05) is 0 Å². The molecule has 1 amide bonds. The Morgan fingerprint density at radius 1 is 1.35 bits per heavy atom. The van der Waals surface area contributed by atoms with Crippen LogP contribution in [0.3, 0.4) is 0 Å². The van der Waals surface area contributed by atoms with Gasteiger partial charge in [-0.05, 0) is 68.8 Å². The van der Waals surface area contributed by atoms with Crippen molar-refractivity contribution in [3.05, 3.63) is 16.8 Å². The zero-order valence-corrected chi connectivity index (χ0v) is 16.8. The monoisotopic (exact) mass is 387 g/mol. The molecule has 5 rings (SSSR count). The number of rotatable bonds is 5. The molecule has 2 bridgehead atoms. The predicted octanol–water partition coefficient (Wildman–Crippen LogP) is 4.21. The van der Waals surface area contributed by atoms with Crippen LogP contribution in [0, 0.1) is 17.8 Å². The van der Waals surface area contributed by atoms with E-state index in [4.69, 9.17) is 0 Å². The summed E-state index contributed by atoms with van der Waals surface area (Å²) in [7, 11) is 0. The van der Waals surface area contributed by atoms with Crippen molar-refractivity contribution < 1.29 is 4.79 Å². The average Bonchev–Trinajstić information content (AvgIpc) is 3.39. The van der Waals surface area contributed by atoms with Crippen LogP contribution in [0.4, 0.5) is 0 Å². The van der Waals surface area contributed by atoms with Crippen molar-refractivity contribution in [2.45, 2.75) is 62.9 Å². The van der Waals surface area contributed by atoms with E-state index >= 15 is 0 Å². The van der Waals surface area contributed by atoms with Crippen molar-refractivity contribution in [3.63, 3.8) is 0 Å². The largest absolute Gasteiger partial charge is 0.353 e. The lowest BCUT2D eigenvalue weighted by atomic mass is 9.84. The van der Waals surface area contributed by atoms with Crippen molar-refractivity contribution in [1.82, 2.24) is 15.3 Å². The maximum absolute atomic E-state index is 12.5. The summed E-state index contributed by atoms with van der Waals surface area (Å²) in [5.74, 6) is 3.05. The molecule has 0 spiro atoms. The van der Waals surface area contributed by atoms with Crippen molar-refractivity contribution >= 4 is 39.2 Å². The molecule has 3 aliphatic carbocycles. The van der Waals surface area contributed by atoms with Gasteiger partial charge in [0.25, 0.3) is 0 Å². The summed E-state index contributed by atoms with van der Waals surface area (Å²) in [6.45, 7) is 2.20. The summed E-state index contributed by atoms with van der Waals surface area (Å²) in [5, 5.41) is 5.47. The minimum Gasteiger partial charge on any atom is -0.353 e. The molecule has 138 valence electrons. The van der Waals surface area contributed by atoms with E-state index < -0.39 is 0 Å². The minimum absolute atomic E-state index is 0.143. The maximum atomic E-state index is 12.5. The van der Waals surface area contributed by atoms with Crippen molar-refractivity contribution in [2.24, 2.45) is 17.8 Å². The van der Waals surface area contributed by atoms with Gasteiger partial charge in [0.1, 0.15) is 16.2 Å². The molecule has 2 aromatic heterocycles. The van der Waals surface area contributed by atoms with Gasteiger partial charge in [-0.25, -0.2) is 9.97 Å². The van der Waals surface area contributed by atoms with Crippen LogP contribution in [0.2, 0.25) is 0 Å². The molecular formula is C20H25N3OS2. The SMILES string of the molecule is CC(NC(=O)CSc1ncnc2sc3c(c12)CCC3)C1CC2CCC1C2. The highest BCUT2D eigenvalue weighted by Gasteiger charge is 2.42. The first kappa shape index (κ1) is 17.0. The molecule has 26 heavy (non-hydrogen) atoms. The first-order valence-corrected chi connectivity index (χ1v) is 11.7. The third-order valence-corrected chi connectivity index (χ3v) is 8.82. The third-order valence-electron chi connectivity index (χ3n) is 6.63. The van der Waals surface area contributed by atoms with Gasteiger partial charge in [0, 0.05) is 16.3 Å². The molecule has 2 heterocycles. The van der Waals surface area contributed by atoms with Crippen LogP contribution < -0.4 is 5.32 Å². The van der Waals surface area contributed by atoms with E-state index in [2.05, 4.69) is 22.2 Å². The van der Waals surface area contributed by atoms with E-state index in [9.17, 15) is 4.79 Å². The van der Waals surface area contributed by atoms with Crippen molar-refractivity contribution in [3.8, 4) is 0 Å². The highest BCUT2D eigenvalue weighted by molar-refractivity contribution is 8.00. The average molecular weight is 388 g/mol. The van der Waals surface area contributed by atoms with E-state index in [1.54, 1.807) is 29.4 Å². The molecule has 0 radical (unpaired) electrons. The lowest BCUT2D eigenvalue weighted by Crippen LogP contribution is -2.40. The van der Waals surface area contributed by atoms with Crippen LogP contribution in [0.5, 0.6) is 0 Å². The second-order valence-corrected chi connectivity index (χ2v) is 10.2. The normalized spacial score (nSPS) is 27.8. The Morgan fingerprint density at radius 3 is 3.08 bits per heavy atom. The molecule has 0 aliphatic heterocycles. The van der Waals surface area contributed by atoms with E-state index in [1.165, 1.54) is 54.4 Å². The zero-order valence-electron chi connectivity index (χ0n) is 15.2. The first-order valence-electron chi connectivity index (χ1n) is 9.86. The number of hydrogen-bond donors (Lipinski definition) is 1. The van der Waals surface area contributed by atoms with Crippen LogP contribution in [-0.4, -0.2) is 27.7 Å². The number of aromatic nitrogens is 2. The summed E-state index contributed by atoms with van der Waals surface area (Å²) < 4.78 is 0. The third kappa shape index (κ3) is 2.95. The molecule has 0 aromatic carbocycles. The number of fused-ring (bicyclic) bond motifs is 5. The smallest absolute Gasteiger partial charge is 0.230 e. The number of amides is 1. The fourth-order valence-corrected chi connectivity index (χ4v) is 7.58. The van der Waals surface area contributed by atoms with Gasteiger partial charge in [0.05, 0.1) is 5.75 Å². The predicted molar refractivity (Wildman–Crippen MR) is 107 cm³/mol. The Bertz CT molecular complexity index is 849. The van der Waals surface area contributed by atoms with Crippen LogP contribution in [0.25, 0.3) is 10.2 Å². The fraction of sp³-hybridized carbons (Fsp3) is 0.650. The number of nitrogens with zero attached hydrogens (tertiary/aromatic N) is 2. The van der Waals surface area contributed by atoms with Gasteiger partial charge in [0.2, 0.25) is 5.91 Å². The Morgan fingerprint density at radius 2 is 2.27 bits per heavy atom. The zero-order chi connectivity index (χ0) is 17.7. The van der Waals surface area contributed by atoms with Gasteiger partial charge in [-0.3, -0.25) is 4.79 Å². The molecule has 2 aromatic rings. The molecule has 2 saturated carbocycles. The molecule has 2 fully saturated rings. The Kier molecular flexibility index (Phi) is 4.44. The summed E-state index contributed by atoms with van der Waals surface area (Å²) in [5.41, 5.74) is 1.43. The standard InChI is InChI=1S/C20H25N3OS2/c1-11(15-8-12-5-6-13(15)7-12)23-17(24)9-25-19-18-14-3-2-4-16(14)26-20(18)22-10-21-19/h10-13,15H,2-9H2,1H3,(H,23,24). The first-order chi connectivity index (χ1) is 12.7. The van der Waals surface area contributed by atoms with Gasteiger partial charge in [0.15, 0.2) is 0 Å². The number of aryl methyl sites for hydroxylation is 2. The summed E-state index contributed by atoms with van der Waals surface area (Å²) in [6, 6.07) is 0.300. The highest BCUT2D eigenvalue weighted by Crippen LogP contribution is 2.49. The summed E-state index contributed by atoms with van der Waals surface area (Å²) in [6.07, 6.45) is 10.7. The molecule has 4 atom stereocenters. The van der Waals surface area contributed by atoms with Crippen LogP contribution in [0.1, 0.15) is 49.5 Å². The van der Waals surface area contributed by atoms with E-state index in [0.29, 0.717) is 17.7 Å². The fourth-order valence-electron chi connectivity index (χ4n) is 5.45. The lowest BCUT2D eigenvalue weighted by Gasteiger charge is -2.28. The van der Waals surface area contributed by atoms with Gasteiger partial charge in [-0.2, -0.15) is 0 Å². The molecule has 6 heteroatoms. The quantitative estimate of drug-likeness (QED) is 0.617. The number of hydrogen-bond acceptors (Lipinski definition) is 5. The van der Waals surface area contributed by atoms with Gasteiger partial charge < -0.3 is 5.32 Å². The van der Waals surface area contributed by atoms with Crippen LogP contribution in [0.15, 0.2) is 11.4 Å². The molecule has 3 aliphatic rings. The molecule has 0 saturated heterocycles. The molecule has 1 N–H and O–H groups in total. The number of carbonyl (C=O) groups excluding carboxylic acids is 1. The Hall–Kier alpha value is -1.14. The number of thioether (sulfide) groups is 1. The lowest BCUT2D eigenvalue weighted by molar-refractivity contribution is -0.119. The Labute approximate surface area is 162 Å². The van der Waals surface area contributed by atoms with E-state index in [0.717, 1.165) is 28.1 Å². The molecular weight excluding hydrogens is 362 g/mol. The topological polar surface area (TPSA) is 54.9 Å². The van der Waals surface area contributed by atoms with E-state index in [-0.39, 0.29) is 5.91 Å². The molecule has 4 unspecified atom stereocenters. The minimum atomic E-state index is 0.143. The Balaban J connectivity index is 1.24. The van der Waals surface area contributed by atoms with Crippen LogP contribution >= 0.6 is 23.1 Å². The number of carbonyl (C=O) groups is 1. The van der Waals surface area contributed by atoms with Gasteiger partial charge in [-0.15, -0.1) is 11.3 Å². The van der Waals surface area contributed by atoms with Crippen molar-refractivity contribution in [1.29, 1.82) is 0 Å². The molecule has 4 nitrogen and oxygen atoms in total. The van der Waals surface area contributed by atoms with Gasteiger partial charge >= 0.3 is 0 Å². The summed E-state index contributed by atoms with van der Waals surface area (Å²) >= 11 is 3.38. The number of nitrogens with one attached hydrogen (secondary N) is 1. The van der Waals surface area contributed by atoms with Crippen LogP contribution in [-0.2, 0) is 17.6 Å². The second-order valence-electron chi connectivity index (χ2n) is 8.20. The van der Waals surface area contributed by atoms with Gasteiger partial charge in [-0.1, -0.05) is 18.2 Å². The second kappa shape index (κ2) is 6.79. The number of thiophene rings is 1. The maximum Gasteiger partial charge on any atom is 0.230 e. The van der Waals surface area contributed by atoms with Crippen molar-refractivity contribution in [2.75, 3.05) is 5.75 Å². The highest BCUT2D eigenvalue weighted by atomic mass is 32.2. The summed E-state index contributed by atoms with van der Waals surface area (Å²) in [4.78, 5) is 24.0.